The molecule has 1 atom stereocenters. The molecule has 2 aliphatic heterocycles. The number of nitrogens with zero attached hydrogens (tertiary/aromatic N) is 2. The van der Waals surface area contributed by atoms with Crippen molar-refractivity contribution in [3.8, 4) is 0 Å². The molecule has 1 unspecified atom stereocenters. The zero-order chi connectivity index (χ0) is 11.6. The van der Waals surface area contributed by atoms with Crippen LogP contribution in [0.15, 0.2) is 17.3 Å². The molecule has 0 aliphatic carbocycles. The summed E-state index contributed by atoms with van der Waals surface area (Å²) in [5, 5.41) is 0. The fourth-order valence-corrected chi connectivity index (χ4v) is 2.51. The highest BCUT2D eigenvalue weighted by atomic mass is 15.2. The predicted octanol–water partition coefficient (Wildman–Crippen LogP) is 3.45. The first kappa shape index (κ1) is 11.7. The van der Waals surface area contributed by atoms with E-state index in [1.807, 2.05) is 6.20 Å². The number of hydrogen-bond acceptors (Lipinski definition) is 2. The maximum atomic E-state index is 4.58. The van der Waals surface area contributed by atoms with Crippen LogP contribution in [0.4, 0.5) is 0 Å². The van der Waals surface area contributed by atoms with Gasteiger partial charge in [0.15, 0.2) is 0 Å². The van der Waals surface area contributed by atoms with Crippen molar-refractivity contribution >= 4 is 5.84 Å². The van der Waals surface area contributed by atoms with E-state index in [9.17, 15) is 0 Å². The Morgan fingerprint density at radius 1 is 1.19 bits per heavy atom. The molecule has 0 amide bonds. The molecular formula is C14H24N2. The van der Waals surface area contributed by atoms with Crippen LogP contribution in [0.1, 0.15) is 46.5 Å². The van der Waals surface area contributed by atoms with Crippen LogP contribution < -0.4 is 0 Å². The smallest absolute Gasteiger partial charge is 0.105 e. The maximum absolute atomic E-state index is 4.58. The number of amidine groups is 1. The van der Waals surface area contributed by atoms with Gasteiger partial charge in [-0.2, -0.15) is 0 Å². The Bertz CT molecular complexity index is 290. The Morgan fingerprint density at radius 3 is 2.50 bits per heavy atom. The summed E-state index contributed by atoms with van der Waals surface area (Å²) in [6.07, 6.45) is 9.48. The third-order valence-electron chi connectivity index (χ3n) is 3.78. The van der Waals surface area contributed by atoms with E-state index in [4.69, 9.17) is 0 Å². The molecule has 0 aromatic rings. The SMILES string of the molecule is CC(C)(C)C1C=CN=C(N2CCCCC2)C1. The van der Waals surface area contributed by atoms with Crippen molar-refractivity contribution < 1.29 is 0 Å². The second-order valence-corrected chi connectivity index (χ2v) is 6.11. The summed E-state index contributed by atoms with van der Waals surface area (Å²) in [4.78, 5) is 7.07. The minimum absolute atomic E-state index is 0.355. The molecule has 2 nitrogen and oxygen atoms in total. The Kier molecular flexibility index (Phi) is 3.36. The van der Waals surface area contributed by atoms with Crippen LogP contribution in [0.2, 0.25) is 0 Å². The van der Waals surface area contributed by atoms with Crippen LogP contribution in [0, 0.1) is 11.3 Å². The summed E-state index contributed by atoms with van der Waals surface area (Å²) in [5.74, 6) is 1.96. The van der Waals surface area contributed by atoms with E-state index in [1.165, 1.54) is 38.2 Å². The summed E-state index contributed by atoms with van der Waals surface area (Å²) in [6, 6.07) is 0. The van der Waals surface area contributed by atoms with Crippen LogP contribution in [-0.4, -0.2) is 23.8 Å². The van der Waals surface area contributed by atoms with Crippen molar-refractivity contribution in [1.29, 1.82) is 0 Å². The molecule has 0 radical (unpaired) electrons. The van der Waals surface area contributed by atoms with Gasteiger partial charge >= 0.3 is 0 Å². The first-order valence-corrected chi connectivity index (χ1v) is 6.56. The number of likely N-dealkylation sites (tertiary alicyclic amines) is 1. The van der Waals surface area contributed by atoms with Gasteiger partial charge in [0.05, 0.1) is 0 Å². The summed E-state index contributed by atoms with van der Waals surface area (Å²) >= 11 is 0. The van der Waals surface area contributed by atoms with Crippen LogP contribution in [0.5, 0.6) is 0 Å². The molecule has 16 heavy (non-hydrogen) atoms. The maximum Gasteiger partial charge on any atom is 0.105 e. The van der Waals surface area contributed by atoms with Gasteiger partial charge in [0.1, 0.15) is 5.84 Å². The normalized spacial score (nSPS) is 26.8. The molecule has 0 aromatic carbocycles. The topological polar surface area (TPSA) is 15.6 Å². The monoisotopic (exact) mass is 220 g/mol. The predicted molar refractivity (Wildman–Crippen MR) is 69.6 cm³/mol. The summed E-state index contributed by atoms with van der Waals surface area (Å²) < 4.78 is 0. The molecular weight excluding hydrogens is 196 g/mol. The van der Waals surface area contributed by atoms with E-state index in [0.29, 0.717) is 11.3 Å². The number of hydrogen-bond donors (Lipinski definition) is 0. The van der Waals surface area contributed by atoms with Crippen molar-refractivity contribution in [2.24, 2.45) is 16.3 Å². The number of allylic oxidation sites excluding steroid dienone is 1. The highest BCUT2D eigenvalue weighted by Gasteiger charge is 2.27. The number of piperidine rings is 1. The molecule has 0 aromatic heterocycles. The molecule has 0 bridgehead atoms. The lowest BCUT2D eigenvalue weighted by Gasteiger charge is -2.36. The van der Waals surface area contributed by atoms with Gasteiger partial charge in [-0.1, -0.05) is 26.8 Å². The van der Waals surface area contributed by atoms with E-state index in [-0.39, 0.29) is 0 Å². The highest BCUT2D eigenvalue weighted by molar-refractivity contribution is 5.84. The number of aliphatic imine (C=N–C) groups is 1. The second kappa shape index (κ2) is 4.60. The van der Waals surface area contributed by atoms with Crippen LogP contribution in [0.25, 0.3) is 0 Å². The third-order valence-corrected chi connectivity index (χ3v) is 3.78. The van der Waals surface area contributed by atoms with Gasteiger partial charge in [0.25, 0.3) is 0 Å². The largest absolute Gasteiger partial charge is 0.360 e. The van der Waals surface area contributed by atoms with E-state index < -0.39 is 0 Å². The second-order valence-electron chi connectivity index (χ2n) is 6.11. The average molecular weight is 220 g/mol. The molecule has 0 saturated carbocycles. The molecule has 0 N–H and O–H groups in total. The van der Waals surface area contributed by atoms with Crippen molar-refractivity contribution in [3.63, 3.8) is 0 Å². The Morgan fingerprint density at radius 2 is 1.88 bits per heavy atom. The molecule has 1 fully saturated rings. The summed E-state index contributed by atoms with van der Waals surface area (Å²) in [5.41, 5.74) is 0.355. The van der Waals surface area contributed by atoms with Crippen molar-refractivity contribution in [2.45, 2.75) is 46.5 Å². The standard InChI is InChI=1S/C14H24N2/c1-14(2,3)12-7-8-15-13(11-12)16-9-5-4-6-10-16/h7-8,12H,4-6,9-11H2,1-3H3. The first-order chi connectivity index (χ1) is 7.57. The zero-order valence-electron chi connectivity index (χ0n) is 10.9. The zero-order valence-corrected chi connectivity index (χ0v) is 10.9. The quantitative estimate of drug-likeness (QED) is 0.610. The Balaban J connectivity index is 2.01. The van der Waals surface area contributed by atoms with Crippen LogP contribution >= 0.6 is 0 Å². The Labute approximate surface area is 99.4 Å². The average Bonchev–Trinajstić information content (AvgIpc) is 2.29. The van der Waals surface area contributed by atoms with Gasteiger partial charge in [-0.15, -0.1) is 0 Å². The summed E-state index contributed by atoms with van der Waals surface area (Å²) in [6.45, 7) is 9.39. The van der Waals surface area contributed by atoms with E-state index in [1.54, 1.807) is 0 Å². The van der Waals surface area contributed by atoms with Crippen LogP contribution in [0.3, 0.4) is 0 Å². The van der Waals surface area contributed by atoms with Gasteiger partial charge in [-0.25, -0.2) is 4.99 Å². The van der Waals surface area contributed by atoms with Crippen molar-refractivity contribution in [3.05, 3.63) is 12.3 Å². The lowest BCUT2D eigenvalue weighted by atomic mass is 9.77. The van der Waals surface area contributed by atoms with E-state index in [2.05, 4.69) is 36.7 Å². The molecule has 2 heterocycles. The van der Waals surface area contributed by atoms with E-state index >= 15 is 0 Å². The lowest BCUT2D eigenvalue weighted by molar-refractivity contribution is 0.277. The van der Waals surface area contributed by atoms with Gasteiger partial charge in [-0.3, -0.25) is 0 Å². The fourth-order valence-electron chi connectivity index (χ4n) is 2.51. The first-order valence-electron chi connectivity index (χ1n) is 6.56. The highest BCUT2D eigenvalue weighted by Crippen LogP contribution is 2.32. The fraction of sp³-hybridized carbons (Fsp3) is 0.786. The van der Waals surface area contributed by atoms with Crippen LogP contribution in [-0.2, 0) is 0 Å². The number of rotatable bonds is 0. The van der Waals surface area contributed by atoms with Gasteiger partial charge < -0.3 is 4.90 Å². The molecule has 2 rings (SSSR count). The Hall–Kier alpha value is -0.790. The molecule has 2 aliphatic rings. The molecule has 2 heteroatoms. The van der Waals surface area contributed by atoms with Gasteiger partial charge in [0.2, 0.25) is 0 Å². The minimum atomic E-state index is 0.355. The van der Waals surface area contributed by atoms with Gasteiger partial charge in [-0.05, 0) is 30.6 Å². The lowest BCUT2D eigenvalue weighted by Crippen LogP contribution is -2.38. The third kappa shape index (κ3) is 2.66. The van der Waals surface area contributed by atoms with E-state index in [0.717, 1.165) is 6.42 Å². The molecule has 0 spiro atoms. The molecule has 1 saturated heterocycles. The molecule has 90 valence electrons. The minimum Gasteiger partial charge on any atom is -0.360 e. The van der Waals surface area contributed by atoms with Crippen molar-refractivity contribution in [2.75, 3.05) is 13.1 Å². The van der Waals surface area contributed by atoms with Gasteiger partial charge in [0, 0.05) is 25.7 Å². The van der Waals surface area contributed by atoms with Crippen molar-refractivity contribution in [1.82, 2.24) is 4.90 Å². The summed E-state index contributed by atoms with van der Waals surface area (Å²) in [7, 11) is 0.